The van der Waals surface area contributed by atoms with Crippen LogP contribution in [0.25, 0.3) is 10.2 Å². The summed E-state index contributed by atoms with van der Waals surface area (Å²) in [7, 11) is -4.02. The van der Waals surface area contributed by atoms with Gasteiger partial charge in [-0.1, -0.05) is 25.2 Å². The molecule has 2 aromatic carbocycles. The topological polar surface area (TPSA) is 112 Å². The van der Waals surface area contributed by atoms with Crippen LogP contribution in [0.5, 0.6) is 0 Å². The number of nitrogens with one attached hydrogen (secondary N) is 2. The van der Waals surface area contributed by atoms with Crippen LogP contribution in [0.2, 0.25) is 0 Å². The van der Waals surface area contributed by atoms with E-state index in [4.69, 9.17) is 0 Å². The van der Waals surface area contributed by atoms with E-state index < -0.39 is 33.8 Å². The molecule has 1 aliphatic carbocycles. The van der Waals surface area contributed by atoms with Gasteiger partial charge in [0.15, 0.2) is 5.13 Å². The van der Waals surface area contributed by atoms with Crippen molar-refractivity contribution in [1.82, 2.24) is 14.6 Å². The molecule has 1 aliphatic rings. The number of aliphatic hydroxyl groups excluding tert-OH is 1. The average Bonchev–Trinajstić information content (AvgIpc) is 3.52. The number of sulfonamides is 1. The second-order valence-corrected chi connectivity index (χ2v) is 12.7. The Balaban J connectivity index is 1.57. The van der Waals surface area contributed by atoms with Crippen LogP contribution in [0.4, 0.5) is 13.9 Å². The summed E-state index contributed by atoms with van der Waals surface area (Å²) in [5.74, 6) is -1.63. The number of carbonyl (C=O) groups is 1. The van der Waals surface area contributed by atoms with Crippen LogP contribution in [0.3, 0.4) is 0 Å². The van der Waals surface area contributed by atoms with E-state index >= 15 is 0 Å². The number of nitrogens with zero attached hydrogens (tertiary/aromatic N) is 2. The number of hydrogen-bond donors (Lipinski definition) is 3. The molecular weight excluding hydrogens is 522 g/mol. The zero-order chi connectivity index (χ0) is 26.7. The fraction of sp³-hybridized carbons (Fsp3) is 0.440. The molecule has 1 amide bonds. The van der Waals surface area contributed by atoms with Crippen LogP contribution >= 0.6 is 11.3 Å². The van der Waals surface area contributed by atoms with Gasteiger partial charge >= 0.3 is 0 Å². The van der Waals surface area contributed by atoms with E-state index in [0.717, 1.165) is 40.9 Å². The Hall–Kier alpha value is -2.67. The first-order chi connectivity index (χ1) is 17.5. The van der Waals surface area contributed by atoms with Crippen LogP contribution in [0.15, 0.2) is 41.3 Å². The lowest BCUT2D eigenvalue weighted by Crippen LogP contribution is -2.49. The van der Waals surface area contributed by atoms with E-state index in [0.29, 0.717) is 18.0 Å². The van der Waals surface area contributed by atoms with Crippen molar-refractivity contribution >= 4 is 43.1 Å². The number of anilines is 1. The Morgan fingerprint density at radius 2 is 1.86 bits per heavy atom. The summed E-state index contributed by atoms with van der Waals surface area (Å²) in [6.07, 6.45) is 1.13. The van der Waals surface area contributed by atoms with Gasteiger partial charge in [-0.3, -0.25) is 4.79 Å². The van der Waals surface area contributed by atoms with E-state index in [-0.39, 0.29) is 35.9 Å². The normalized spacial score (nSPS) is 15.8. The molecular formula is C25H30F2N4O4S2. The van der Waals surface area contributed by atoms with Gasteiger partial charge in [-0.25, -0.2) is 22.2 Å². The first-order valence-electron chi connectivity index (χ1n) is 12.0. The predicted molar refractivity (Wildman–Crippen MR) is 139 cm³/mol. The third kappa shape index (κ3) is 7.01. The zero-order valence-electron chi connectivity index (χ0n) is 20.5. The third-order valence-corrected chi connectivity index (χ3v) is 8.76. The maximum Gasteiger partial charge on any atom is 0.243 e. The van der Waals surface area contributed by atoms with Gasteiger partial charge in [-0.2, -0.15) is 4.31 Å². The maximum absolute atomic E-state index is 13.7. The van der Waals surface area contributed by atoms with E-state index in [1.807, 2.05) is 13.8 Å². The van der Waals surface area contributed by atoms with Crippen LogP contribution in [-0.2, 0) is 21.2 Å². The Bertz CT molecular complexity index is 1340. The van der Waals surface area contributed by atoms with Crippen molar-refractivity contribution in [3.05, 3.63) is 53.6 Å². The highest BCUT2D eigenvalue weighted by Crippen LogP contribution is 2.33. The molecule has 200 valence electrons. The van der Waals surface area contributed by atoms with Gasteiger partial charge in [-0.05, 0) is 61.1 Å². The number of halogens is 2. The maximum atomic E-state index is 13.7. The van der Waals surface area contributed by atoms with E-state index in [9.17, 15) is 27.1 Å². The number of thiazole rings is 1. The highest BCUT2D eigenvalue weighted by atomic mass is 32.2. The minimum atomic E-state index is -4.02. The van der Waals surface area contributed by atoms with E-state index in [2.05, 4.69) is 15.6 Å². The van der Waals surface area contributed by atoms with Crippen molar-refractivity contribution in [1.29, 1.82) is 0 Å². The number of benzene rings is 2. The summed E-state index contributed by atoms with van der Waals surface area (Å²) >= 11 is 1.39. The Kier molecular flexibility index (Phi) is 8.42. The monoisotopic (exact) mass is 552 g/mol. The van der Waals surface area contributed by atoms with Crippen molar-refractivity contribution in [2.75, 3.05) is 18.4 Å². The number of rotatable bonds is 13. The summed E-state index contributed by atoms with van der Waals surface area (Å²) in [5.41, 5.74) is 0.917. The summed E-state index contributed by atoms with van der Waals surface area (Å²) in [6, 6.07) is 7.13. The molecule has 37 heavy (non-hydrogen) atoms. The van der Waals surface area contributed by atoms with Crippen molar-refractivity contribution in [3.8, 4) is 0 Å². The lowest BCUT2D eigenvalue weighted by Gasteiger charge is -2.30. The average molecular weight is 553 g/mol. The molecule has 0 radical (unpaired) electrons. The van der Waals surface area contributed by atoms with Crippen molar-refractivity contribution < 1.29 is 27.1 Å². The number of hydrogen-bond acceptors (Lipinski definition) is 7. The van der Waals surface area contributed by atoms with Gasteiger partial charge in [-0.15, -0.1) is 0 Å². The molecule has 1 heterocycles. The Morgan fingerprint density at radius 1 is 1.16 bits per heavy atom. The molecule has 0 spiro atoms. The molecule has 1 fully saturated rings. The third-order valence-electron chi connectivity index (χ3n) is 5.99. The summed E-state index contributed by atoms with van der Waals surface area (Å²) in [4.78, 5) is 15.8. The summed E-state index contributed by atoms with van der Waals surface area (Å²) in [6.45, 7) is 3.51. The molecule has 1 aromatic heterocycles. The molecule has 0 unspecified atom stereocenters. The quantitative estimate of drug-likeness (QED) is 0.280. The molecule has 2 atom stereocenters. The minimum absolute atomic E-state index is 0.0572. The molecule has 12 heteroatoms. The molecule has 0 aliphatic heterocycles. The highest BCUT2D eigenvalue weighted by Gasteiger charge is 2.31. The fourth-order valence-electron chi connectivity index (χ4n) is 4.07. The fourth-order valence-corrected chi connectivity index (χ4v) is 6.77. The van der Waals surface area contributed by atoms with E-state index in [1.54, 1.807) is 12.1 Å². The predicted octanol–water partition coefficient (Wildman–Crippen LogP) is 3.51. The van der Waals surface area contributed by atoms with Crippen LogP contribution in [-0.4, -0.2) is 60.5 Å². The molecule has 8 nitrogen and oxygen atoms in total. The smallest absolute Gasteiger partial charge is 0.243 e. The molecule has 3 aromatic rings. The zero-order valence-corrected chi connectivity index (χ0v) is 22.2. The van der Waals surface area contributed by atoms with Gasteiger partial charge in [0, 0.05) is 25.2 Å². The second kappa shape index (κ2) is 11.4. The van der Waals surface area contributed by atoms with Crippen molar-refractivity contribution in [2.45, 2.75) is 56.2 Å². The standard InChI is InChI=1S/C25H30F2N4O4S2/c1-15(2)12-31(13-23(33)22(28-14-32)9-16-7-17(26)10-18(27)8-16)37(34,35)20-5-6-21-24(11-20)36-25(30-21)29-19-3-4-19/h5-8,10-11,14-15,19,22-23,33H,3-4,9,12-13H2,1-2H3,(H,28,32)(H,29,30)/t22-,23+/m0/s1. The second-order valence-electron chi connectivity index (χ2n) is 9.72. The van der Waals surface area contributed by atoms with Gasteiger partial charge < -0.3 is 15.7 Å². The number of carbonyl (C=O) groups excluding carboxylic acids is 1. The molecule has 4 rings (SSSR count). The van der Waals surface area contributed by atoms with Crippen LogP contribution in [0.1, 0.15) is 32.3 Å². The summed E-state index contributed by atoms with van der Waals surface area (Å²) < 4.78 is 56.5. The van der Waals surface area contributed by atoms with Crippen LogP contribution < -0.4 is 10.6 Å². The van der Waals surface area contributed by atoms with Gasteiger partial charge in [0.25, 0.3) is 0 Å². The van der Waals surface area contributed by atoms with Gasteiger partial charge in [0.05, 0.1) is 27.3 Å². The SMILES string of the molecule is CC(C)CN(C[C@@H](O)[C@H](Cc1cc(F)cc(F)c1)NC=O)S(=O)(=O)c1ccc2nc(NC3CC3)sc2c1. The van der Waals surface area contributed by atoms with E-state index in [1.165, 1.54) is 21.7 Å². The number of aliphatic hydroxyl groups is 1. The highest BCUT2D eigenvalue weighted by molar-refractivity contribution is 7.89. The van der Waals surface area contributed by atoms with Crippen molar-refractivity contribution in [3.63, 3.8) is 0 Å². The lowest BCUT2D eigenvalue weighted by atomic mass is 10.0. The van der Waals surface area contributed by atoms with Crippen LogP contribution in [0, 0.1) is 17.6 Å². The Labute approximate surface area is 218 Å². The molecule has 0 bridgehead atoms. The largest absolute Gasteiger partial charge is 0.390 e. The molecule has 0 saturated heterocycles. The van der Waals surface area contributed by atoms with Gasteiger partial charge in [0.1, 0.15) is 11.6 Å². The number of amides is 1. The summed E-state index contributed by atoms with van der Waals surface area (Å²) in [5, 5.41) is 17.5. The van der Waals surface area contributed by atoms with Gasteiger partial charge in [0.2, 0.25) is 16.4 Å². The number of fused-ring (bicyclic) bond motifs is 1. The molecule has 1 saturated carbocycles. The Morgan fingerprint density at radius 3 is 2.49 bits per heavy atom. The molecule has 3 N–H and O–H groups in total. The van der Waals surface area contributed by atoms with Crippen molar-refractivity contribution in [2.24, 2.45) is 5.92 Å². The first-order valence-corrected chi connectivity index (χ1v) is 14.3. The lowest BCUT2D eigenvalue weighted by molar-refractivity contribution is -0.111. The first kappa shape index (κ1) is 27.4. The number of aromatic nitrogens is 1. The minimum Gasteiger partial charge on any atom is -0.390 e.